The summed E-state index contributed by atoms with van der Waals surface area (Å²) >= 11 is 2.02. The molecule has 0 fully saturated rings. The summed E-state index contributed by atoms with van der Waals surface area (Å²) in [5.41, 5.74) is 10.3. The minimum atomic E-state index is 0.338. The van der Waals surface area contributed by atoms with Crippen molar-refractivity contribution in [2.75, 3.05) is 12.4 Å². The Morgan fingerprint density at radius 1 is 0.769 bits per heavy atom. The highest BCUT2D eigenvalue weighted by atomic mass is 32.2. The molecule has 1 N–H and O–H groups in total. The fourth-order valence-electron chi connectivity index (χ4n) is 5.30. The third kappa shape index (κ3) is 7.36. The average Bonchev–Trinajstić information content (AvgIpc) is 3.15. The van der Waals surface area contributed by atoms with E-state index in [1.54, 1.807) is 0 Å². The minimum absolute atomic E-state index is 0.338. The molecule has 4 aromatic rings. The highest BCUT2D eigenvalue weighted by Crippen LogP contribution is 2.41. The largest absolute Gasteiger partial charge is 0.508 e. The van der Waals surface area contributed by atoms with Gasteiger partial charge in [0.25, 0.3) is 0 Å². The Morgan fingerprint density at radius 2 is 1.56 bits per heavy atom. The molecule has 2 nitrogen and oxygen atoms in total. The topological polar surface area (TPSA) is 29.5 Å². The van der Waals surface area contributed by atoms with E-state index < -0.39 is 0 Å². The van der Waals surface area contributed by atoms with Crippen molar-refractivity contribution in [1.82, 2.24) is 0 Å². The Labute approximate surface area is 237 Å². The number of phenols is 1. The van der Waals surface area contributed by atoms with Crippen molar-refractivity contribution >= 4 is 22.9 Å². The standard InChI is InChI=1S/C36H38O2S/c1-27-13-15-28(16-14-27)26-39-24-7-3-6-23-38-33-20-17-30(18-21-33)36-34(29-9-4-2-5-10-29)12-8-11-31-25-32(37)19-22-35(31)36/h2,4-5,9-10,13-22,25,37H,3,6-8,11-12,23-24,26H2,1H3. The van der Waals surface area contributed by atoms with Crippen molar-refractivity contribution in [2.45, 2.75) is 51.2 Å². The number of aryl methyl sites for hydroxylation is 2. The highest BCUT2D eigenvalue weighted by molar-refractivity contribution is 7.98. The van der Waals surface area contributed by atoms with E-state index in [1.165, 1.54) is 63.1 Å². The zero-order valence-corrected chi connectivity index (χ0v) is 23.7. The van der Waals surface area contributed by atoms with Crippen LogP contribution in [0.15, 0.2) is 97.1 Å². The van der Waals surface area contributed by atoms with Gasteiger partial charge in [0, 0.05) is 5.75 Å². The van der Waals surface area contributed by atoms with E-state index in [-0.39, 0.29) is 0 Å². The van der Waals surface area contributed by atoms with Gasteiger partial charge < -0.3 is 9.84 Å². The average molecular weight is 535 g/mol. The summed E-state index contributed by atoms with van der Waals surface area (Å²) in [5.74, 6) is 3.55. The first kappa shape index (κ1) is 27.1. The second kappa shape index (κ2) is 13.6. The first-order valence-electron chi connectivity index (χ1n) is 14.1. The van der Waals surface area contributed by atoms with Crippen LogP contribution < -0.4 is 4.74 Å². The lowest BCUT2D eigenvalue weighted by molar-refractivity contribution is 0.306. The van der Waals surface area contributed by atoms with Crippen LogP contribution >= 0.6 is 11.8 Å². The first-order chi connectivity index (χ1) is 19.2. The first-order valence-corrected chi connectivity index (χ1v) is 15.3. The molecule has 0 amide bonds. The maximum atomic E-state index is 10.1. The van der Waals surface area contributed by atoms with Gasteiger partial charge in [-0.3, -0.25) is 0 Å². The molecule has 0 saturated carbocycles. The number of ether oxygens (including phenoxy) is 1. The number of benzene rings is 4. The van der Waals surface area contributed by atoms with Gasteiger partial charge in [-0.15, -0.1) is 0 Å². The van der Waals surface area contributed by atoms with Crippen LogP contribution in [0.25, 0.3) is 11.1 Å². The Hall–Kier alpha value is -3.43. The van der Waals surface area contributed by atoms with Gasteiger partial charge >= 0.3 is 0 Å². The number of thioether (sulfide) groups is 1. The summed E-state index contributed by atoms with van der Waals surface area (Å²) < 4.78 is 6.10. The molecule has 1 aliphatic rings. The number of fused-ring (bicyclic) bond motifs is 1. The van der Waals surface area contributed by atoms with E-state index in [9.17, 15) is 5.11 Å². The smallest absolute Gasteiger partial charge is 0.119 e. The lowest BCUT2D eigenvalue weighted by atomic mass is 9.88. The van der Waals surface area contributed by atoms with E-state index in [0.717, 1.165) is 43.8 Å². The molecule has 1 aliphatic carbocycles. The van der Waals surface area contributed by atoms with Gasteiger partial charge in [-0.25, -0.2) is 0 Å². The molecule has 0 spiro atoms. The fraction of sp³-hybridized carbons (Fsp3) is 0.278. The Kier molecular flexibility index (Phi) is 9.45. The van der Waals surface area contributed by atoms with Gasteiger partial charge in [-0.05, 0) is 114 Å². The third-order valence-electron chi connectivity index (χ3n) is 7.39. The van der Waals surface area contributed by atoms with Crippen LogP contribution in [-0.4, -0.2) is 17.5 Å². The lowest BCUT2D eigenvalue weighted by Crippen LogP contribution is -1.99. The monoisotopic (exact) mass is 534 g/mol. The quantitative estimate of drug-likeness (QED) is 0.194. The predicted octanol–water partition coefficient (Wildman–Crippen LogP) is 9.48. The molecule has 0 heterocycles. The van der Waals surface area contributed by atoms with Crippen molar-refractivity contribution in [3.05, 3.63) is 130 Å². The third-order valence-corrected chi connectivity index (χ3v) is 8.50. The molecule has 0 aromatic heterocycles. The minimum Gasteiger partial charge on any atom is -0.508 e. The van der Waals surface area contributed by atoms with Crippen molar-refractivity contribution < 1.29 is 9.84 Å². The summed E-state index contributed by atoms with van der Waals surface area (Å²) in [6.45, 7) is 2.89. The molecule has 0 saturated heterocycles. The van der Waals surface area contributed by atoms with Crippen LogP contribution in [0.1, 0.15) is 65.5 Å². The van der Waals surface area contributed by atoms with Crippen LogP contribution in [0.4, 0.5) is 0 Å². The zero-order valence-electron chi connectivity index (χ0n) is 22.9. The van der Waals surface area contributed by atoms with Gasteiger partial charge in [0.05, 0.1) is 6.61 Å². The SMILES string of the molecule is Cc1ccc(CSCCCCCOc2ccc(C3=C(c4ccccc4)CCCc4cc(O)ccc43)cc2)cc1. The van der Waals surface area contributed by atoms with Gasteiger partial charge in [0.2, 0.25) is 0 Å². The summed E-state index contributed by atoms with van der Waals surface area (Å²) in [5, 5.41) is 10.1. The summed E-state index contributed by atoms with van der Waals surface area (Å²) in [4.78, 5) is 0. The van der Waals surface area contributed by atoms with Crippen molar-refractivity contribution in [3.8, 4) is 11.5 Å². The Balaban J connectivity index is 1.18. The number of phenolic OH excluding ortho intramolecular Hbond substituents is 1. The highest BCUT2D eigenvalue weighted by Gasteiger charge is 2.20. The van der Waals surface area contributed by atoms with Gasteiger partial charge in [0.1, 0.15) is 11.5 Å². The van der Waals surface area contributed by atoms with E-state index in [4.69, 9.17) is 4.74 Å². The molecular formula is C36H38O2S. The molecule has 200 valence electrons. The number of hydrogen-bond acceptors (Lipinski definition) is 3. The van der Waals surface area contributed by atoms with Gasteiger partial charge in [-0.1, -0.05) is 78.4 Å². The van der Waals surface area contributed by atoms with Gasteiger partial charge in [0.15, 0.2) is 0 Å². The van der Waals surface area contributed by atoms with E-state index >= 15 is 0 Å². The maximum absolute atomic E-state index is 10.1. The van der Waals surface area contributed by atoms with Gasteiger partial charge in [-0.2, -0.15) is 11.8 Å². The molecule has 5 rings (SSSR count). The normalized spacial score (nSPS) is 13.2. The number of hydrogen-bond donors (Lipinski definition) is 1. The molecule has 0 aliphatic heterocycles. The number of rotatable bonds is 11. The van der Waals surface area contributed by atoms with Crippen LogP contribution in [-0.2, 0) is 12.2 Å². The van der Waals surface area contributed by atoms with Crippen LogP contribution in [0, 0.1) is 6.92 Å². The van der Waals surface area contributed by atoms with Crippen LogP contribution in [0.3, 0.4) is 0 Å². The maximum Gasteiger partial charge on any atom is 0.119 e. The van der Waals surface area contributed by atoms with Crippen molar-refractivity contribution in [1.29, 1.82) is 0 Å². The molecule has 0 bridgehead atoms. The van der Waals surface area contributed by atoms with E-state index in [2.05, 4.69) is 91.9 Å². The van der Waals surface area contributed by atoms with E-state index in [1.807, 2.05) is 23.9 Å². The molecule has 3 heteroatoms. The molecule has 0 unspecified atom stereocenters. The zero-order chi connectivity index (χ0) is 26.9. The molecule has 0 atom stereocenters. The Morgan fingerprint density at radius 3 is 2.36 bits per heavy atom. The number of aromatic hydroxyl groups is 1. The summed E-state index contributed by atoms with van der Waals surface area (Å²) in [6, 6.07) is 34.0. The Bertz CT molecular complexity index is 1370. The van der Waals surface area contributed by atoms with E-state index in [0.29, 0.717) is 5.75 Å². The van der Waals surface area contributed by atoms with Crippen molar-refractivity contribution in [3.63, 3.8) is 0 Å². The van der Waals surface area contributed by atoms with Crippen LogP contribution in [0.2, 0.25) is 0 Å². The molecule has 0 radical (unpaired) electrons. The van der Waals surface area contributed by atoms with Crippen LogP contribution in [0.5, 0.6) is 11.5 Å². The fourth-order valence-corrected chi connectivity index (χ4v) is 6.28. The second-order valence-corrected chi connectivity index (χ2v) is 11.5. The molecular weight excluding hydrogens is 496 g/mol. The number of unbranched alkanes of at least 4 members (excludes halogenated alkanes) is 2. The second-order valence-electron chi connectivity index (χ2n) is 10.4. The predicted molar refractivity (Wildman–Crippen MR) is 167 cm³/mol. The van der Waals surface area contributed by atoms with Crippen molar-refractivity contribution in [2.24, 2.45) is 0 Å². The molecule has 39 heavy (non-hydrogen) atoms. The molecule has 4 aromatic carbocycles. The lowest BCUT2D eigenvalue weighted by Gasteiger charge is -2.17. The number of allylic oxidation sites excluding steroid dienone is 1. The summed E-state index contributed by atoms with van der Waals surface area (Å²) in [6.07, 6.45) is 6.54. The summed E-state index contributed by atoms with van der Waals surface area (Å²) in [7, 11) is 0.